The van der Waals surface area contributed by atoms with Gasteiger partial charge in [0.1, 0.15) is 0 Å². The maximum absolute atomic E-state index is 11.8. The lowest BCUT2D eigenvalue weighted by Gasteiger charge is -2.15. The number of nitrogens with one attached hydrogen (secondary N) is 1. The van der Waals surface area contributed by atoms with Gasteiger partial charge in [-0.1, -0.05) is 6.07 Å². The summed E-state index contributed by atoms with van der Waals surface area (Å²) in [6.07, 6.45) is 1.45. The van der Waals surface area contributed by atoms with Crippen molar-refractivity contribution >= 4 is 29.1 Å². The normalized spacial score (nSPS) is 16.6. The Bertz CT molecular complexity index is 483. The number of hydrogen-bond acceptors (Lipinski definition) is 4. The summed E-state index contributed by atoms with van der Waals surface area (Å²) in [5, 5.41) is 4.89. The first-order chi connectivity index (χ1) is 9.58. The first-order valence-electron chi connectivity index (χ1n) is 6.74. The molecule has 0 saturated carbocycles. The average Bonchev–Trinajstić information content (AvgIpc) is 3.03. The van der Waals surface area contributed by atoms with E-state index in [9.17, 15) is 14.4 Å². The molecule has 1 N–H and O–H groups in total. The highest BCUT2D eigenvalue weighted by molar-refractivity contribution is 7.10. The molecule has 1 saturated heterocycles. The third-order valence-corrected chi connectivity index (χ3v) is 4.34. The van der Waals surface area contributed by atoms with Gasteiger partial charge in [0.2, 0.25) is 17.7 Å². The highest BCUT2D eigenvalue weighted by atomic mass is 32.1. The van der Waals surface area contributed by atoms with Crippen molar-refractivity contribution in [3.05, 3.63) is 22.4 Å². The van der Waals surface area contributed by atoms with Gasteiger partial charge in [0.05, 0.1) is 6.04 Å². The van der Waals surface area contributed by atoms with Crippen molar-refractivity contribution in [3.63, 3.8) is 0 Å². The van der Waals surface area contributed by atoms with Gasteiger partial charge in [0, 0.05) is 30.7 Å². The molecule has 0 spiro atoms. The molecule has 5 nitrogen and oxygen atoms in total. The second-order valence-electron chi connectivity index (χ2n) is 4.85. The molecule has 1 atom stereocenters. The van der Waals surface area contributed by atoms with E-state index in [0.717, 1.165) is 4.88 Å². The van der Waals surface area contributed by atoms with E-state index >= 15 is 0 Å². The number of imide groups is 1. The van der Waals surface area contributed by atoms with Crippen LogP contribution in [0.15, 0.2) is 17.5 Å². The van der Waals surface area contributed by atoms with Crippen LogP contribution < -0.4 is 5.32 Å². The fraction of sp³-hybridized carbons (Fsp3) is 0.500. The van der Waals surface area contributed by atoms with Gasteiger partial charge in [0.25, 0.3) is 0 Å². The summed E-state index contributed by atoms with van der Waals surface area (Å²) in [7, 11) is 0. The number of amides is 3. The number of rotatable bonds is 6. The Morgan fingerprint density at radius 2 is 2.10 bits per heavy atom. The van der Waals surface area contributed by atoms with Crippen LogP contribution in [0, 0.1) is 0 Å². The minimum atomic E-state index is -0.123. The van der Waals surface area contributed by atoms with Crippen molar-refractivity contribution in [3.8, 4) is 0 Å². The minimum absolute atomic E-state index is 0.00227. The van der Waals surface area contributed by atoms with Gasteiger partial charge in [-0.05, 0) is 24.8 Å². The Hall–Kier alpha value is -1.69. The van der Waals surface area contributed by atoms with Gasteiger partial charge in [0.15, 0.2) is 0 Å². The summed E-state index contributed by atoms with van der Waals surface area (Å²) >= 11 is 1.61. The zero-order valence-corrected chi connectivity index (χ0v) is 12.2. The Morgan fingerprint density at radius 3 is 2.70 bits per heavy atom. The fourth-order valence-electron chi connectivity index (χ4n) is 2.19. The van der Waals surface area contributed by atoms with Crippen LogP contribution in [-0.4, -0.2) is 29.2 Å². The van der Waals surface area contributed by atoms with Gasteiger partial charge in [-0.15, -0.1) is 11.3 Å². The molecular formula is C14H18N2O3S. The quantitative estimate of drug-likeness (QED) is 0.814. The Balaban J connectivity index is 1.70. The molecule has 0 aliphatic carbocycles. The van der Waals surface area contributed by atoms with Crippen molar-refractivity contribution in [1.29, 1.82) is 0 Å². The molecule has 1 aromatic rings. The molecule has 3 amide bonds. The predicted molar refractivity (Wildman–Crippen MR) is 76.1 cm³/mol. The molecule has 108 valence electrons. The van der Waals surface area contributed by atoms with E-state index < -0.39 is 0 Å². The summed E-state index contributed by atoms with van der Waals surface area (Å²) in [5.74, 6) is -0.297. The maximum Gasteiger partial charge on any atom is 0.229 e. The zero-order chi connectivity index (χ0) is 14.5. The van der Waals surface area contributed by atoms with Crippen LogP contribution in [0.25, 0.3) is 0 Å². The van der Waals surface area contributed by atoms with E-state index in [4.69, 9.17) is 0 Å². The molecule has 1 aliphatic rings. The molecule has 1 unspecified atom stereocenters. The molecule has 20 heavy (non-hydrogen) atoms. The summed E-state index contributed by atoms with van der Waals surface area (Å²) in [5.41, 5.74) is 0. The highest BCUT2D eigenvalue weighted by Gasteiger charge is 2.28. The van der Waals surface area contributed by atoms with Gasteiger partial charge in [-0.2, -0.15) is 0 Å². The number of nitrogens with zero attached hydrogens (tertiary/aromatic N) is 1. The molecule has 6 heteroatoms. The summed E-state index contributed by atoms with van der Waals surface area (Å²) in [6.45, 7) is 2.29. The summed E-state index contributed by atoms with van der Waals surface area (Å²) in [6, 6.07) is 3.93. The molecule has 0 aromatic carbocycles. The van der Waals surface area contributed by atoms with Crippen molar-refractivity contribution in [2.24, 2.45) is 0 Å². The van der Waals surface area contributed by atoms with E-state index in [2.05, 4.69) is 5.32 Å². The van der Waals surface area contributed by atoms with E-state index in [1.165, 1.54) is 4.90 Å². The molecule has 1 aromatic heterocycles. The first-order valence-corrected chi connectivity index (χ1v) is 7.62. The lowest BCUT2D eigenvalue weighted by atomic mass is 10.2. The molecule has 1 fully saturated rings. The third kappa shape index (κ3) is 3.66. The third-order valence-electron chi connectivity index (χ3n) is 3.29. The molecule has 0 radical (unpaired) electrons. The average molecular weight is 294 g/mol. The summed E-state index contributed by atoms with van der Waals surface area (Å²) in [4.78, 5) is 37.0. The Kier molecular flexibility index (Phi) is 4.89. The van der Waals surface area contributed by atoms with Crippen LogP contribution in [0.1, 0.15) is 43.5 Å². The topological polar surface area (TPSA) is 66.5 Å². The number of thiophene rings is 1. The minimum Gasteiger partial charge on any atom is -0.349 e. The number of hydrogen-bond donors (Lipinski definition) is 1. The van der Waals surface area contributed by atoms with Crippen molar-refractivity contribution in [1.82, 2.24) is 10.2 Å². The molecule has 0 bridgehead atoms. The predicted octanol–water partition coefficient (Wildman–Crippen LogP) is 1.85. The standard InChI is InChI=1S/C14H18N2O3S/c1-10(11-4-3-9-20-11)15-12(17)5-2-8-16-13(18)6-7-14(16)19/h3-4,9-10H,2,5-8H2,1H3,(H,15,17). The van der Waals surface area contributed by atoms with Crippen LogP contribution in [0.2, 0.25) is 0 Å². The van der Waals surface area contributed by atoms with E-state index in [1.54, 1.807) is 11.3 Å². The number of likely N-dealkylation sites (tertiary alicyclic amines) is 1. The van der Waals surface area contributed by atoms with Gasteiger partial charge in [-0.3, -0.25) is 19.3 Å². The lowest BCUT2D eigenvalue weighted by molar-refractivity contribution is -0.138. The van der Waals surface area contributed by atoms with Crippen LogP contribution in [-0.2, 0) is 14.4 Å². The Morgan fingerprint density at radius 1 is 1.40 bits per heavy atom. The van der Waals surface area contributed by atoms with Gasteiger partial charge < -0.3 is 5.32 Å². The molecule has 2 rings (SSSR count). The monoisotopic (exact) mass is 294 g/mol. The molecule has 1 aliphatic heterocycles. The molecule has 2 heterocycles. The first kappa shape index (κ1) is 14.7. The van der Waals surface area contributed by atoms with Crippen molar-refractivity contribution in [2.45, 2.75) is 38.6 Å². The van der Waals surface area contributed by atoms with Crippen molar-refractivity contribution in [2.75, 3.05) is 6.54 Å². The largest absolute Gasteiger partial charge is 0.349 e. The van der Waals surface area contributed by atoms with Crippen LogP contribution in [0.5, 0.6) is 0 Å². The van der Waals surface area contributed by atoms with E-state index in [1.807, 2.05) is 24.4 Å². The van der Waals surface area contributed by atoms with Gasteiger partial charge >= 0.3 is 0 Å². The van der Waals surface area contributed by atoms with Crippen molar-refractivity contribution < 1.29 is 14.4 Å². The smallest absolute Gasteiger partial charge is 0.229 e. The maximum atomic E-state index is 11.8. The summed E-state index contributed by atoms with van der Waals surface area (Å²) < 4.78 is 0. The molecular weight excluding hydrogens is 276 g/mol. The van der Waals surface area contributed by atoms with Gasteiger partial charge in [-0.25, -0.2) is 0 Å². The second kappa shape index (κ2) is 6.65. The SMILES string of the molecule is CC(NC(=O)CCCN1C(=O)CCC1=O)c1cccs1. The van der Waals surface area contributed by atoms with E-state index in [-0.39, 0.29) is 23.8 Å². The zero-order valence-electron chi connectivity index (χ0n) is 11.4. The second-order valence-corrected chi connectivity index (χ2v) is 5.83. The lowest BCUT2D eigenvalue weighted by Crippen LogP contribution is -2.31. The number of carbonyl (C=O) groups excluding carboxylic acids is 3. The number of carbonyl (C=O) groups is 3. The fourth-order valence-corrected chi connectivity index (χ4v) is 2.93. The Labute approximate surface area is 122 Å². The van der Waals surface area contributed by atoms with E-state index in [0.29, 0.717) is 32.2 Å². The highest BCUT2D eigenvalue weighted by Crippen LogP contribution is 2.18. The van der Waals surface area contributed by atoms with Crippen LogP contribution in [0.3, 0.4) is 0 Å². The van der Waals surface area contributed by atoms with Crippen LogP contribution >= 0.6 is 11.3 Å². The van der Waals surface area contributed by atoms with Crippen LogP contribution in [0.4, 0.5) is 0 Å².